The highest BCUT2D eigenvalue weighted by Gasteiger charge is 2.25. The van der Waals surface area contributed by atoms with Crippen LogP contribution in [0.15, 0.2) is 18.2 Å². The highest BCUT2D eigenvalue weighted by atomic mass is 14.9. The number of anilines is 1. The topological polar surface area (TPSA) is 61.8 Å². The highest BCUT2D eigenvalue weighted by Crippen LogP contribution is 2.28. The maximum absolute atomic E-state index is 8.89. The number of nitrogens with one attached hydrogen (secondary N) is 1. The van der Waals surface area contributed by atoms with Crippen LogP contribution in [0.2, 0.25) is 0 Å². The van der Waals surface area contributed by atoms with E-state index in [0.717, 1.165) is 23.4 Å². The molecule has 1 aliphatic carbocycles. The average molecular weight is 229 g/mol. The summed E-state index contributed by atoms with van der Waals surface area (Å²) in [5.41, 5.74) is 8.65. The van der Waals surface area contributed by atoms with Crippen molar-refractivity contribution in [1.82, 2.24) is 0 Å². The van der Waals surface area contributed by atoms with Gasteiger partial charge in [0.25, 0.3) is 0 Å². The van der Waals surface area contributed by atoms with Crippen LogP contribution in [0.25, 0.3) is 0 Å². The van der Waals surface area contributed by atoms with Crippen molar-refractivity contribution < 1.29 is 0 Å². The number of nitrogens with zero attached hydrogens (tertiary/aromatic N) is 1. The molecular formula is C14H19N3. The van der Waals surface area contributed by atoms with E-state index in [4.69, 9.17) is 11.0 Å². The zero-order valence-corrected chi connectivity index (χ0v) is 10.2. The zero-order chi connectivity index (χ0) is 12.3. The lowest BCUT2D eigenvalue weighted by Crippen LogP contribution is -2.29. The molecule has 2 rings (SSSR count). The van der Waals surface area contributed by atoms with Gasteiger partial charge in [0.1, 0.15) is 0 Å². The van der Waals surface area contributed by atoms with Gasteiger partial charge in [-0.05, 0) is 56.0 Å². The molecule has 0 saturated heterocycles. The van der Waals surface area contributed by atoms with E-state index in [9.17, 15) is 0 Å². The minimum absolute atomic E-state index is 0.493. The van der Waals surface area contributed by atoms with Crippen molar-refractivity contribution in [3.8, 4) is 6.07 Å². The van der Waals surface area contributed by atoms with Crippen LogP contribution in [-0.2, 0) is 0 Å². The predicted octanol–water partition coefficient (Wildman–Crippen LogP) is 2.41. The summed E-state index contributed by atoms with van der Waals surface area (Å²) in [5.74, 6) is 0.589. The van der Waals surface area contributed by atoms with Crippen LogP contribution in [0, 0.1) is 24.2 Å². The van der Waals surface area contributed by atoms with Gasteiger partial charge in [0.15, 0.2) is 0 Å². The molecule has 3 nitrogen and oxygen atoms in total. The summed E-state index contributed by atoms with van der Waals surface area (Å²) in [5, 5.41) is 12.4. The summed E-state index contributed by atoms with van der Waals surface area (Å²) in [6.45, 7) is 2.73. The van der Waals surface area contributed by atoms with Gasteiger partial charge >= 0.3 is 0 Å². The molecule has 0 heterocycles. The molecule has 0 amide bonds. The van der Waals surface area contributed by atoms with Crippen LogP contribution in [0.3, 0.4) is 0 Å². The Labute approximate surface area is 103 Å². The van der Waals surface area contributed by atoms with Gasteiger partial charge in [-0.2, -0.15) is 5.26 Å². The first kappa shape index (κ1) is 11.9. The molecule has 1 aromatic carbocycles. The molecule has 0 aromatic heterocycles. The van der Waals surface area contributed by atoms with Gasteiger partial charge in [-0.15, -0.1) is 0 Å². The van der Waals surface area contributed by atoms with E-state index in [1.165, 1.54) is 19.3 Å². The Morgan fingerprint density at radius 2 is 2.29 bits per heavy atom. The molecule has 17 heavy (non-hydrogen) atoms. The standard InChI is InChI=1S/C14H19N3/c1-10-7-13(6-5-11(10)8-15)17-14-4-2-3-12(14)9-16/h5-7,12,14,17H,2-4,9,16H2,1H3. The van der Waals surface area contributed by atoms with Crippen LogP contribution in [0.1, 0.15) is 30.4 Å². The van der Waals surface area contributed by atoms with Crippen molar-refractivity contribution in [2.24, 2.45) is 11.7 Å². The Morgan fingerprint density at radius 3 is 2.94 bits per heavy atom. The Morgan fingerprint density at radius 1 is 1.47 bits per heavy atom. The zero-order valence-electron chi connectivity index (χ0n) is 10.2. The second kappa shape index (κ2) is 5.20. The summed E-state index contributed by atoms with van der Waals surface area (Å²) in [6, 6.07) is 8.59. The predicted molar refractivity (Wildman–Crippen MR) is 69.7 cm³/mol. The molecule has 0 bridgehead atoms. The van der Waals surface area contributed by atoms with E-state index in [1.807, 2.05) is 25.1 Å². The number of benzene rings is 1. The lowest BCUT2D eigenvalue weighted by atomic mass is 10.0. The first-order valence-electron chi connectivity index (χ1n) is 6.22. The fraction of sp³-hybridized carbons (Fsp3) is 0.500. The van der Waals surface area contributed by atoms with Crippen molar-refractivity contribution in [3.05, 3.63) is 29.3 Å². The van der Waals surface area contributed by atoms with E-state index in [1.54, 1.807) is 0 Å². The van der Waals surface area contributed by atoms with Crippen LogP contribution in [0.4, 0.5) is 5.69 Å². The largest absolute Gasteiger partial charge is 0.382 e. The van der Waals surface area contributed by atoms with Gasteiger partial charge < -0.3 is 11.1 Å². The molecule has 90 valence electrons. The summed E-state index contributed by atoms with van der Waals surface area (Å²) in [7, 11) is 0. The van der Waals surface area contributed by atoms with E-state index < -0.39 is 0 Å². The van der Waals surface area contributed by atoms with E-state index >= 15 is 0 Å². The normalized spacial score (nSPS) is 23.4. The lowest BCUT2D eigenvalue weighted by molar-refractivity contribution is 0.516. The quantitative estimate of drug-likeness (QED) is 0.836. The van der Waals surface area contributed by atoms with Crippen molar-refractivity contribution in [1.29, 1.82) is 5.26 Å². The molecule has 2 unspecified atom stereocenters. The number of nitrogens with two attached hydrogens (primary N) is 1. The monoisotopic (exact) mass is 229 g/mol. The molecule has 3 N–H and O–H groups in total. The minimum atomic E-state index is 0.493. The molecule has 1 fully saturated rings. The van der Waals surface area contributed by atoms with Crippen molar-refractivity contribution in [3.63, 3.8) is 0 Å². The first-order chi connectivity index (χ1) is 8.24. The second-order valence-electron chi connectivity index (χ2n) is 4.82. The van der Waals surface area contributed by atoms with E-state index in [2.05, 4.69) is 11.4 Å². The summed E-state index contributed by atoms with van der Waals surface area (Å²) in [6.07, 6.45) is 3.68. The smallest absolute Gasteiger partial charge is 0.0994 e. The van der Waals surface area contributed by atoms with Crippen molar-refractivity contribution in [2.75, 3.05) is 11.9 Å². The van der Waals surface area contributed by atoms with E-state index in [0.29, 0.717) is 12.0 Å². The molecule has 0 aliphatic heterocycles. The fourth-order valence-corrected chi connectivity index (χ4v) is 2.60. The molecule has 0 radical (unpaired) electrons. The number of rotatable bonds is 3. The molecule has 2 atom stereocenters. The Kier molecular flexibility index (Phi) is 3.65. The Balaban J connectivity index is 2.09. The van der Waals surface area contributed by atoms with Gasteiger partial charge in [-0.1, -0.05) is 6.42 Å². The lowest BCUT2D eigenvalue weighted by Gasteiger charge is -2.21. The third kappa shape index (κ3) is 2.59. The third-order valence-electron chi connectivity index (χ3n) is 3.66. The van der Waals surface area contributed by atoms with Crippen LogP contribution >= 0.6 is 0 Å². The molecule has 1 saturated carbocycles. The van der Waals surface area contributed by atoms with E-state index in [-0.39, 0.29) is 0 Å². The summed E-state index contributed by atoms with van der Waals surface area (Å²) in [4.78, 5) is 0. The maximum Gasteiger partial charge on any atom is 0.0994 e. The summed E-state index contributed by atoms with van der Waals surface area (Å²) >= 11 is 0. The van der Waals surface area contributed by atoms with Gasteiger partial charge in [-0.3, -0.25) is 0 Å². The maximum atomic E-state index is 8.89. The summed E-state index contributed by atoms with van der Waals surface area (Å²) < 4.78 is 0. The van der Waals surface area contributed by atoms with Crippen LogP contribution in [-0.4, -0.2) is 12.6 Å². The van der Waals surface area contributed by atoms with Crippen molar-refractivity contribution in [2.45, 2.75) is 32.2 Å². The molecule has 1 aliphatic rings. The van der Waals surface area contributed by atoms with Gasteiger partial charge in [0.2, 0.25) is 0 Å². The molecule has 3 heteroatoms. The Hall–Kier alpha value is -1.53. The number of hydrogen-bond donors (Lipinski definition) is 2. The molecular weight excluding hydrogens is 210 g/mol. The first-order valence-corrected chi connectivity index (χ1v) is 6.22. The minimum Gasteiger partial charge on any atom is -0.382 e. The fourth-order valence-electron chi connectivity index (χ4n) is 2.60. The van der Waals surface area contributed by atoms with Gasteiger partial charge in [0, 0.05) is 11.7 Å². The van der Waals surface area contributed by atoms with Crippen LogP contribution in [0.5, 0.6) is 0 Å². The molecule has 0 spiro atoms. The number of aryl methyl sites for hydroxylation is 1. The molecule has 1 aromatic rings. The highest BCUT2D eigenvalue weighted by molar-refractivity contribution is 5.52. The van der Waals surface area contributed by atoms with Crippen LogP contribution < -0.4 is 11.1 Å². The average Bonchev–Trinajstić information content (AvgIpc) is 2.76. The van der Waals surface area contributed by atoms with Gasteiger partial charge in [-0.25, -0.2) is 0 Å². The third-order valence-corrected chi connectivity index (χ3v) is 3.66. The van der Waals surface area contributed by atoms with Crippen molar-refractivity contribution >= 4 is 5.69 Å². The number of nitriles is 1. The second-order valence-corrected chi connectivity index (χ2v) is 4.82. The SMILES string of the molecule is Cc1cc(NC2CCCC2CN)ccc1C#N. The van der Waals surface area contributed by atoms with Gasteiger partial charge in [0.05, 0.1) is 11.6 Å². The number of hydrogen-bond acceptors (Lipinski definition) is 3. The Bertz CT molecular complexity index is 434.